The Morgan fingerprint density at radius 1 is 1.16 bits per heavy atom. The molecule has 1 heterocycles. The molecule has 3 nitrogen and oxygen atoms in total. The van der Waals surface area contributed by atoms with Gasteiger partial charge in [-0.1, -0.05) is 23.7 Å². The molecule has 0 amide bonds. The van der Waals surface area contributed by atoms with E-state index in [4.69, 9.17) is 11.6 Å². The number of carbonyl (C=O) groups excluding carboxylic acids is 1. The van der Waals surface area contributed by atoms with Crippen molar-refractivity contribution in [2.75, 3.05) is 0 Å². The van der Waals surface area contributed by atoms with Gasteiger partial charge in [-0.25, -0.2) is 0 Å². The molecule has 0 bridgehead atoms. The van der Waals surface area contributed by atoms with Gasteiger partial charge in [0.1, 0.15) is 5.56 Å². The van der Waals surface area contributed by atoms with Gasteiger partial charge in [-0.05, 0) is 36.8 Å². The van der Waals surface area contributed by atoms with Gasteiger partial charge in [-0.3, -0.25) is 4.79 Å². The van der Waals surface area contributed by atoms with E-state index in [1.165, 1.54) is 0 Å². The molecule has 0 saturated carbocycles. The van der Waals surface area contributed by atoms with Crippen LogP contribution in [0.25, 0.3) is 0 Å². The van der Waals surface area contributed by atoms with Gasteiger partial charge >= 0.3 is 0 Å². The second-order valence-electron chi connectivity index (χ2n) is 4.50. The standard InChI is InChI=1S/C15H10ClNO2/c1-9-5-6-13-12(7-9)15(18)14(17(13)19)10-3-2-4-11(16)8-10/h2-8H,1H3. The van der Waals surface area contributed by atoms with Gasteiger partial charge in [0, 0.05) is 11.1 Å². The number of halogens is 1. The van der Waals surface area contributed by atoms with Gasteiger partial charge < -0.3 is 5.21 Å². The van der Waals surface area contributed by atoms with E-state index in [2.05, 4.69) is 0 Å². The molecule has 2 aromatic carbocycles. The predicted octanol–water partition coefficient (Wildman–Crippen LogP) is 3.48. The first-order valence-electron chi connectivity index (χ1n) is 5.83. The third-order valence-electron chi connectivity index (χ3n) is 3.13. The van der Waals surface area contributed by atoms with E-state index >= 15 is 0 Å². The molecule has 0 radical (unpaired) electrons. The fourth-order valence-corrected chi connectivity index (χ4v) is 2.42. The Bertz CT molecular complexity index is 735. The number of ketones is 1. The molecule has 2 aromatic rings. The molecule has 0 spiro atoms. The van der Waals surface area contributed by atoms with E-state index in [9.17, 15) is 10.0 Å². The lowest BCUT2D eigenvalue weighted by Crippen LogP contribution is -2.16. The minimum absolute atomic E-state index is 0.128. The molecule has 0 unspecified atom stereocenters. The molecule has 0 atom stereocenters. The number of fused-ring (bicyclic) bond motifs is 1. The lowest BCUT2D eigenvalue weighted by atomic mass is 10.0. The number of carbonyl (C=O) groups is 1. The van der Waals surface area contributed by atoms with Crippen molar-refractivity contribution in [3.63, 3.8) is 0 Å². The fraction of sp³-hybridized carbons (Fsp3) is 0.0667. The van der Waals surface area contributed by atoms with Crippen LogP contribution in [0.3, 0.4) is 0 Å². The fourth-order valence-electron chi connectivity index (χ4n) is 2.23. The van der Waals surface area contributed by atoms with Crippen molar-refractivity contribution >= 4 is 28.8 Å². The first-order chi connectivity index (χ1) is 9.08. The third-order valence-corrected chi connectivity index (χ3v) is 3.37. The molecule has 1 aliphatic rings. The number of Topliss-reactive ketones (excluding diaryl/α,β-unsaturated/α-hetero) is 1. The highest BCUT2D eigenvalue weighted by atomic mass is 35.5. The van der Waals surface area contributed by atoms with Gasteiger partial charge in [0.2, 0.25) is 5.69 Å². The highest BCUT2D eigenvalue weighted by molar-refractivity contribution is 6.52. The number of hydrogen-bond donors (Lipinski definition) is 0. The Hall–Kier alpha value is -2.13. The van der Waals surface area contributed by atoms with Crippen LogP contribution in [0.1, 0.15) is 21.5 Å². The summed E-state index contributed by atoms with van der Waals surface area (Å²) in [6.45, 7) is 1.89. The van der Waals surface area contributed by atoms with Crippen LogP contribution in [0.2, 0.25) is 5.02 Å². The zero-order valence-corrected chi connectivity index (χ0v) is 10.9. The van der Waals surface area contributed by atoms with Crippen molar-refractivity contribution in [1.82, 2.24) is 0 Å². The van der Waals surface area contributed by atoms with Crippen LogP contribution in [-0.2, 0) is 0 Å². The van der Waals surface area contributed by atoms with Crippen molar-refractivity contribution in [2.24, 2.45) is 0 Å². The van der Waals surface area contributed by atoms with Gasteiger partial charge in [-0.2, -0.15) is 4.74 Å². The molecule has 94 valence electrons. The van der Waals surface area contributed by atoms with Gasteiger partial charge in [0.05, 0.1) is 5.56 Å². The number of rotatable bonds is 1. The summed E-state index contributed by atoms with van der Waals surface area (Å²) in [5.74, 6) is -0.254. The largest absolute Gasteiger partial charge is 0.618 e. The molecule has 0 aromatic heterocycles. The first-order valence-corrected chi connectivity index (χ1v) is 6.21. The first kappa shape index (κ1) is 11.9. The highest BCUT2D eigenvalue weighted by Gasteiger charge is 2.36. The Balaban J connectivity index is 2.20. The summed E-state index contributed by atoms with van der Waals surface area (Å²) in [5.41, 5.74) is 2.47. The molecule has 0 saturated heterocycles. The average Bonchev–Trinajstić information content (AvgIpc) is 2.61. The Morgan fingerprint density at radius 3 is 2.68 bits per heavy atom. The van der Waals surface area contributed by atoms with Crippen LogP contribution in [0.4, 0.5) is 5.69 Å². The summed E-state index contributed by atoms with van der Waals surface area (Å²) in [4.78, 5) is 12.3. The molecule has 0 aliphatic carbocycles. The van der Waals surface area contributed by atoms with Crippen LogP contribution in [0.15, 0.2) is 42.5 Å². The number of nitrogens with zero attached hydrogens (tertiary/aromatic N) is 1. The van der Waals surface area contributed by atoms with Crippen LogP contribution >= 0.6 is 11.6 Å². The maximum atomic E-state index is 12.3. The summed E-state index contributed by atoms with van der Waals surface area (Å²) in [5, 5.41) is 12.7. The zero-order valence-electron chi connectivity index (χ0n) is 10.2. The van der Waals surface area contributed by atoms with Crippen LogP contribution in [0.5, 0.6) is 0 Å². The molecule has 0 fully saturated rings. The topological polar surface area (TPSA) is 43.1 Å². The quantitative estimate of drug-likeness (QED) is 0.589. The Morgan fingerprint density at radius 2 is 1.95 bits per heavy atom. The van der Waals surface area contributed by atoms with Crippen LogP contribution < -0.4 is 0 Å². The minimum atomic E-state index is -0.254. The highest BCUT2D eigenvalue weighted by Crippen LogP contribution is 2.29. The summed E-state index contributed by atoms with van der Waals surface area (Å²) < 4.78 is 0.683. The molecule has 3 rings (SSSR count). The van der Waals surface area contributed by atoms with Crippen molar-refractivity contribution < 1.29 is 9.53 Å². The Kier molecular flexibility index (Phi) is 2.64. The molecule has 19 heavy (non-hydrogen) atoms. The Labute approximate surface area is 115 Å². The summed E-state index contributed by atoms with van der Waals surface area (Å²) >= 11 is 5.91. The maximum Gasteiger partial charge on any atom is 0.273 e. The smallest absolute Gasteiger partial charge is 0.273 e. The number of aryl methyl sites for hydroxylation is 1. The van der Waals surface area contributed by atoms with E-state index in [1.54, 1.807) is 36.4 Å². The summed E-state index contributed by atoms with van der Waals surface area (Å²) in [6.07, 6.45) is 0. The zero-order chi connectivity index (χ0) is 13.6. The average molecular weight is 272 g/mol. The second kappa shape index (κ2) is 4.21. The van der Waals surface area contributed by atoms with Crippen LogP contribution in [-0.4, -0.2) is 16.2 Å². The maximum absolute atomic E-state index is 12.3. The molecular formula is C15H10ClNO2. The normalized spacial score (nSPS) is 13.9. The lowest BCUT2D eigenvalue weighted by Gasteiger charge is -2.02. The lowest BCUT2D eigenvalue weighted by molar-refractivity contribution is -0.355. The number of hydrogen-bond acceptors (Lipinski definition) is 2. The summed E-state index contributed by atoms with van der Waals surface area (Å²) in [7, 11) is 0. The van der Waals surface area contributed by atoms with Gasteiger partial charge in [0.15, 0.2) is 0 Å². The van der Waals surface area contributed by atoms with E-state index in [0.29, 0.717) is 26.6 Å². The van der Waals surface area contributed by atoms with Crippen molar-refractivity contribution in [3.8, 4) is 0 Å². The molecule has 1 aliphatic heterocycles. The molecule has 4 heteroatoms. The monoisotopic (exact) mass is 271 g/mol. The number of benzene rings is 2. The van der Waals surface area contributed by atoms with Crippen molar-refractivity contribution in [1.29, 1.82) is 0 Å². The SMILES string of the molecule is Cc1ccc2c(c1)C(=O)C(c1cccc(Cl)c1)=[N+]2[O-]. The van der Waals surface area contributed by atoms with E-state index < -0.39 is 0 Å². The van der Waals surface area contributed by atoms with Gasteiger partial charge in [0.25, 0.3) is 11.5 Å². The van der Waals surface area contributed by atoms with E-state index in [-0.39, 0.29) is 11.5 Å². The predicted molar refractivity (Wildman–Crippen MR) is 74.4 cm³/mol. The summed E-state index contributed by atoms with van der Waals surface area (Å²) in [6, 6.07) is 12.0. The van der Waals surface area contributed by atoms with E-state index in [0.717, 1.165) is 5.56 Å². The molecule has 0 N–H and O–H groups in total. The van der Waals surface area contributed by atoms with E-state index in [1.807, 2.05) is 13.0 Å². The van der Waals surface area contributed by atoms with Gasteiger partial charge in [-0.15, -0.1) is 0 Å². The van der Waals surface area contributed by atoms with Crippen LogP contribution in [0, 0.1) is 12.1 Å². The van der Waals surface area contributed by atoms with Crippen molar-refractivity contribution in [2.45, 2.75) is 6.92 Å². The third kappa shape index (κ3) is 1.83. The molecular weight excluding hydrogens is 262 g/mol. The van der Waals surface area contributed by atoms with Crippen molar-refractivity contribution in [3.05, 3.63) is 69.4 Å². The second-order valence-corrected chi connectivity index (χ2v) is 4.94. The minimum Gasteiger partial charge on any atom is -0.618 e.